The first-order valence-corrected chi connectivity index (χ1v) is 3.43. The first-order valence-electron chi connectivity index (χ1n) is 3.43. The van der Waals surface area contributed by atoms with Crippen LogP contribution in [0.25, 0.3) is 0 Å². The minimum absolute atomic E-state index is 0.193. The van der Waals surface area contributed by atoms with Crippen molar-refractivity contribution < 1.29 is 9.47 Å². The lowest BCUT2D eigenvalue weighted by Gasteiger charge is -2.25. The molecule has 0 unspecified atom stereocenters. The molecule has 2 aliphatic heterocycles. The summed E-state index contributed by atoms with van der Waals surface area (Å²) in [6, 6.07) is 0. The van der Waals surface area contributed by atoms with Crippen LogP contribution in [0.15, 0.2) is 0 Å². The fraction of sp³-hybridized carbons (Fsp3) is 1.00. The predicted molar refractivity (Wildman–Crippen MR) is 32.1 cm³/mol. The molecular formula is C6H11NO2. The summed E-state index contributed by atoms with van der Waals surface area (Å²) in [5.41, 5.74) is 0. The van der Waals surface area contributed by atoms with E-state index in [1.807, 2.05) is 0 Å². The van der Waals surface area contributed by atoms with Crippen molar-refractivity contribution in [1.82, 2.24) is 5.32 Å². The summed E-state index contributed by atoms with van der Waals surface area (Å²) >= 11 is 0. The van der Waals surface area contributed by atoms with Crippen LogP contribution in [-0.4, -0.2) is 32.1 Å². The molecule has 9 heavy (non-hydrogen) atoms. The van der Waals surface area contributed by atoms with Crippen LogP contribution < -0.4 is 5.32 Å². The Bertz CT molecular complexity index is 95.2. The first kappa shape index (κ1) is 5.65. The lowest BCUT2D eigenvalue weighted by molar-refractivity contribution is -0.131. The highest BCUT2D eigenvalue weighted by molar-refractivity contribution is 4.79. The monoisotopic (exact) mass is 129 g/mol. The molecule has 0 saturated carbocycles. The quantitative estimate of drug-likeness (QED) is 0.488. The van der Waals surface area contributed by atoms with Crippen LogP contribution in [0.3, 0.4) is 0 Å². The Balaban J connectivity index is 1.97. The Labute approximate surface area is 54.3 Å². The van der Waals surface area contributed by atoms with E-state index in [1.165, 1.54) is 0 Å². The molecule has 3 nitrogen and oxygen atoms in total. The maximum absolute atomic E-state index is 5.41. The third-order valence-corrected chi connectivity index (χ3v) is 1.82. The Morgan fingerprint density at radius 1 is 1.22 bits per heavy atom. The van der Waals surface area contributed by atoms with Crippen LogP contribution in [0.2, 0.25) is 0 Å². The summed E-state index contributed by atoms with van der Waals surface area (Å²) in [5, 5.41) is 3.21. The Morgan fingerprint density at radius 3 is 3.00 bits per heavy atom. The van der Waals surface area contributed by atoms with Crippen molar-refractivity contribution in [3.05, 3.63) is 0 Å². The van der Waals surface area contributed by atoms with Crippen LogP contribution in [0.1, 0.15) is 6.42 Å². The van der Waals surface area contributed by atoms with E-state index in [0.29, 0.717) is 6.10 Å². The maximum Gasteiger partial charge on any atom is 0.134 e. The molecule has 2 saturated heterocycles. The van der Waals surface area contributed by atoms with Gasteiger partial charge in [-0.1, -0.05) is 0 Å². The largest absolute Gasteiger partial charge is 0.372 e. The second-order valence-corrected chi connectivity index (χ2v) is 2.44. The summed E-state index contributed by atoms with van der Waals surface area (Å²) < 4.78 is 10.8. The van der Waals surface area contributed by atoms with Gasteiger partial charge in [0, 0.05) is 6.54 Å². The summed E-state index contributed by atoms with van der Waals surface area (Å²) in [6.45, 7) is 2.55. The molecule has 2 aliphatic rings. The molecule has 0 radical (unpaired) electrons. The van der Waals surface area contributed by atoms with Gasteiger partial charge >= 0.3 is 0 Å². The van der Waals surface area contributed by atoms with Crippen molar-refractivity contribution >= 4 is 0 Å². The summed E-state index contributed by atoms with van der Waals surface area (Å²) in [7, 11) is 0. The predicted octanol–water partition coefficient (Wildman–Crippen LogP) is -0.279. The molecule has 0 aromatic carbocycles. The van der Waals surface area contributed by atoms with Crippen LogP contribution in [-0.2, 0) is 9.47 Å². The highest BCUT2D eigenvalue weighted by Crippen LogP contribution is 2.15. The van der Waals surface area contributed by atoms with Gasteiger partial charge in [0.25, 0.3) is 0 Å². The maximum atomic E-state index is 5.41. The normalized spacial score (nSPS) is 42.7. The van der Waals surface area contributed by atoms with Crippen molar-refractivity contribution in [3.63, 3.8) is 0 Å². The van der Waals surface area contributed by atoms with E-state index >= 15 is 0 Å². The fourth-order valence-corrected chi connectivity index (χ4v) is 1.36. The molecule has 2 atom stereocenters. The third kappa shape index (κ3) is 0.956. The third-order valence-electron chi connectivity index (χ3n) is 1.82. The van der Waals surface area contributed by atoms with Gasteiger partial charge in [-0.05, 0) is 6.42 Å². The van der Waals surface area contributed by atoms with Gasteiger partial charge in [0.1, 0.15) is 6.23 Å². The van der Waals surface area contributed by atoms with Gasteiger partial charge in [0.2, 0.25) is 0 Å². The van der Waals surface area contributed by atoms with Crippen molar-refractivity contribution in [2.45, 2.75) is 18.8 Å². The van der Waals surface area contributed by atoms with E-state index < -0.39 is 0 Å². The fourth-order valence-electron chi connectivity index (χ4n) is 1.36. The van der Waals surface area contributed by atoms with Gasteiger partial charge in [-0.2, -0.15) is 0 Å². The molecular weight excluding hydrogens is 118 g/mol. The molecule has 3 heteroatoms. The minimum Gasteiger partial charge on any atom is -0.372 e. The molecule has 0 aromatic rings. The average Bonchev–Trinajstić information content (AvgIpc) is 2.33. The molecule has 52 valence electrons. The Kier molecular flexibility index (Phi) is 1.41. The molecule has 0 amide bonds. The SMILES string of the molecule is C1C[C@H]2OCCO[C@H]2N1. The molecule has 2 heterocycles. The van der Waals surface area contributed by atoms with Crippen molar-refractivity contribution in [1.29, 1.82) is 0 Å². The summed E-state index contributed by atoms with van der Waals surface area (Å²) in [4.78, 5) is 0. The Hall–Kier alpha value is -0.120. The van der Waals surface area contributed by atoms with Gasteiger partial charge in [-0.25, -0.2) is 0 Å². The number of rotatable bonds is 0. The minimum atomic E-state index is 0.193. The molecule has 0 bridgehead atoms. The standard InChI is InChI=1S/C6H11NO2/c1-2-7-6-5(1)8-3-4-9-6/h5-7H,1-4H2/t5-,6-/m1/s1. The van der Waals surface area contributed by atoms with Crippen molar-refractivity contribution in [2.24, 2.45) is 0 Å². The molecule has 2 rings (SSSR count). The molecule has 1 N–H and O–H groups in total. The topological polar surface area (TPSA) is 30.5 Å². The average molecular weight is 129 g/mol. The van der Waals surface area contributed by atoms with Crippen LogP contribution >= 0.6 is 0 Å². The highest BCUT2D eigenvalue weighted by Gasteiger charge is 2.30. The smallest absolute Gasteiger partial charge is 0.134 e. The second kappa shape index (κ2) is 2.25. The van der Waals surface area contributed by atoms with Crippen molar-refractivity contribution in [2.75, 3.05) is 19.8 Å². The first-order chi connectivity index (χ1) is 4.47. The van der Waals surface area contributed by atoms with Crippen LogP contribution in [0.4, 0.5) is 0 Å². The molecule has 0 aliphatic carbocycles. The summed E-state index contributed by atoms with van der Waals surface area (Å²) in [6.07, 6.45) is 1.63. The van der Waals surface area contributed by atoms with E-state index in [0.717, 1.165) is 26.2 Å². The number of fused-ring (bicyclic) bond motifs is 1. The second-order valence-electron chi connectivity index (χ2n) is 2.44. The zero-order valence-electron chi connectivity index (χ0n) is 5.30. The number of ether oxygens (including phenoxy) is 2. The van der Waals surface area contributed by atoms with E-state index in [9.17, 15) is 0 Å². The lowest BCUT2D eigenvalue weighted by Crippen LogP contribution is -2.40. The van der Waals surface area contributed by atoms with E-state index in [1.54, 1.807) is 0 Å². The van der Waals surface area contributed by atoms with Crippen molar-refractivity contribution in [3.8, 4) is 0 Å². The van der Waals surface area contributed by atoms with Gasteiger partial charge < -0.3 is 9.47 Å². The van der Waals surface area contributed by atoms with E-state index in [4.69, 9.17) is 9.47 Å². The number of nitrogens with one attached hydrogen (secondary N) is 1. The lowest BCUT2D eigenvalue weighted by atomic mass is 10.3. The van der Waals surface area contributed by atoms with Gasteiger partial charge in [0.15, 0.2) is 0 Å². The summed E-state index contributed by atoms with van der Waals surface area (Å²) in [5.74, 6) is 0. The zero-order chi connectivity index (χ0) is 6.10. The molecule has 0 aromatic heterocycles. The van der Waals surface area contributed by atoms with Crippen LogP contribution in [0, 0.1) is 0 Å². The zero-order valence-corrected chi connectivity index (χ0v) is 5.30. The number of hydrogen-bond donors (Lipinski definition) is 1. The van der Waals surface area contributed by atoms with Gasteiger partial charge in [0.05, 0.1) is 19.3 Å². The van der Waals surface area contributed by atoms with E-state index in [-0.39, 0.29) is 6.23 Å². The Morgan fingerprint density at radius 2 is 2.11 bits per heavy atom. The van der Waals surface area contributed by atoms with E-state index in [2.05, 4.69) is 5.32 Å². The number of hydrogen-bond acceptors (Lipinski definition) is 3. The van der Waals surface area contributed by atoms with Gasteiger partial charge in [-0.3, -0.25) is 5.32 Å². The van der Waals surface area contributed by atoms with Gasteiger partial charge in [-0.15, -0.1) is 0 Å². The molecule has 2 fully saturated rings. The molecule has 0 spiro atoms. The van der Waals surface area contributed by atoms with Crippen LogP contribution in [0.5, 0.6) is 0 Å². The highest BCUT2D eigenvalue weighted by atomic mass is 16.6.